The van der Waals surface area contributed by atoms with Crippen LogP contribution in [-0.4, -0.2) is 28.2 Å². The van der Waals surface area contributed by atoms with Crippen LogP contribution in [0.4, 0.5) is 0 Å². The molecule has 23 heavy (non-hydrogen) atoms. The molecule has 0 saturated carbocycles. The Morgan fingerprint density at radius 2 is 2.00 bits per heavy atom. The van der Waals surface area contributed by atoms with Crippen LogP contribution >= 0.6 is 11.3 Å². The third kappa shape index (κ3) is 3.37. The number of carbonyl (C=O) groups is 1. The highest BCUT2D eigenvalue weighted by atomic mass is 32.1. The van der Waals surface area contributed by atoms with Gasteiger partial charge in [0.15, 0.2) is 0 Å². The third-order valence-electron chi connectivity index (χ3n) is 3.31. The van der Waals surface area contributed by atoms with E-state index in [0.29, 0.717) is 22.8 Å². The van der Waals surface area contributed by atoms with Gasteiger partial charge < -0.3 is 9.84 Å². The van der Waals surface area contributed by atoms with E-state index in [9.17, 15) is 9.90 Å². The van der Waals surface area contributed by atoms with E-state index in [-0.39, 0.29) is 4.88 Å². The minimum absolute atomic E-state index is 0.251. The van der Waals surface area contributed by atoms with Gasteiger partial charge in [-0.05, 0) is 29.8 Å². The van der Waals surface area contributed by atoms with Crippen molar-refractivity contribution in [1.82, 2.24) is 9.97 Å². The van der Waals surface area contributed by atoms with Gasteiger partial charge in [0, 0.05) is 12.6 Å². The molecule has 0 fully saturated rings. The largest absolute Gasteiger partial charge is 0.497 e. The summed E-state index contributed by atoms with van der Waals surface area (Å²) in [4.78, 5) is 20.5. The first-order chi connectivity index (χ1) is 11.2. The quantitative estimate of drug-likeness (QED) is 0.777. The van der Waals surface area contributed by atoms with Crippen molar-refractivity contribution in [2.75, 3.05) is 7.11 Å². The SMILES string of the molecule is COc1ccc(Cc2nc(-c3ccccn3)sc2C(=O)O)cc1. The first-order valence-corrected chi connectivity index (χ1v) is 7.76. The van der Waals surface area contributed by atoms with Gasteiger partial charge in [-0.15, -0.1) is 11.3 Å². The zero-order valence-corrected chi connectivity index (χ0v) is 13.2. The second-order valence-corrected chi connectivity index (χ2v) is 5.84. The molecule has 0 amide bonds. The number of nitrogens with zero attached hydrogens (tertiary/aromatic N) is 2. The van der Waals surface area contributed by atoms with Gasteiger partial charge in [0.1, 0.15) is 15.6 Å². The molecule has 1 N–H and O–H groups in total. The number of aromatic carboxylic acids is 1. The highest BCUT2D eigenvalue weighted by molar-refractivity contribution is 7.17. The summed E-state index contributed by atoms with van der Waals surface area (Å²) < 4.78 is 5.13. The Hall–Kier alpha value is -2.73. The van der Waals surface area contributed by atoms with Crippen molar-refractivity contribution in [1.29, 1.82) is 0 Å². The topological polar surface area (TPSA) is 72.3 Å². The fourth-order valence-corrected chi connectivity index (χ4v) is 3.07. The summed E-state index contributed by atoms with van der Waals surface area (Å²) in [5.41, 5.74) is 2.21. The number of thiazole rings is 1. The number of carboxylic acids is 1. The highest BCUT2D eigenvalue weighted by Gasteiger charge is 2.19. The molecular weight excluding hydrogens is 312 g/mol. The van der Waals surface area contributed by atoms with E-state index < -0.39 is 5.97 Å². The van der Waals surface area contributed by atoms with E-state index in [1.54, 1.807) is 13.3 Å². The Labute approximate surface area is 137 Å². The number of ether oxygens (including phenoxy) is 1. The molecule has 0 atom stereocenters. The molecule has 1 aromatic carbocycles. The average molecular weight is 326 g/mol. The van der Waals surface area contributed by atoms with E-state index >= 15 is 0 Å². The van der Waals surface area contributed by atoms with Crippen LogP contribution in [-0.2, 0) is 6.42 Å². The van der Waals surface area contributed by atoms with E-state index in [1.807, 2.05) is 42.5 Å². The molecule has 0 spiro atoms. The first-order valence-electron chi connectivity index (χ1n) is 6.94. The Balaban J connectivity index is 1.94. The van der Waals surface area contributed by atoms with Gasteiger partial charge in [0.05, 0.1) is 18.5 Å². The summed E-state index contributed by atoms with van der Waals surface area (Å²) in [7, 11) is 1.61. The maximum atomic E-state index is 11.5. The monoisotopic (exact) mass is 326 g/mol. The maximum absolute atomic E-state index is 11.5. The van der Waals surface area contributed by atoms with Crippen molar-refractivity contribution < 1.29 is 14.6 Å². The third-order valence-corrected chi connectivity index (χ3v) is 4.41. The lowest BCUT2D eigenvalue weighted by atomic mass is 10.1. The van der Waals surface area contributed by atoms with E-state index in [1.165, 1.54) is 0 Å². The first kappa shape index (κ1) is 15.2. The number of benzene rings is 1. The number of carboxylic acid groups (broad SMARTS) is 1. The van der Waals surface area contributed by atoms with E-state index in [2.05, 4.69) is 9.97 Å². The predicted molar refractivity (Wildman–Crippen MR) is 88.1 cm³/mol. The van der Waals surface area contributed by atoms with Crippen LogP contribution in [0, 0.1) is 0 Å². The van der Waals surface area contributed by atoms with Gasteiger partial charge in [-0.1, -0.05) is 18.2 Å². The van der Waals surface area contributed by atoms with Gasteiger partial charge in [0.25, 0.3) is 0 Å². The van der Waals surface area contributed by atoms with E-state index in [0.717, 1.165) is 22.6 Å². The molecule has 116 valence electrons. The van der Waals surface area contributed by atoms with Gasteiger partial charge in [-0.25, -0.2) is 9.78 Å². The molecule has 0 aliphatic heterocycles. The molecule has 2 heterocycles. The minimum Gasteiger partial charge on any atom is -0.497 e. The zero-order valence-electron chi connectivity index (χ0n) is 12.4. The Bertz CT molecular complexity index is 814. The second kappa shape index (κ2) is 6.58. The van der Waals surface area contributed by atoms with Gasteiger partial charge in [0.2, 0.25) is 0 Å². The van der Waals surface area contributed by atoms with Crippen LogP contribution < -0.4 is 4.74 Å². The smallest absolute Gasteiger partial charge is 0.347 e. The number of hydrogen-bond donors (Lipinski definition) is 1. The van der Waals surface area contributed by atoms with Gasteiger partial charge >= 0.3 is 5.97 Å². The van der Waals surface area contributed by atoms with E-state index in [4.69, 9.17) is 4.74 Å². The molecule has 0 aliphatic rings. The van der Waals surface area contributed by atoms with Crippen molar-refractivity contribution in [2.24, 2.45) is 0 Å². The maximum Gasteiger partial charge on any atom is 0.347 e. The minimum atomic E-state index is -0.965. The summed E-state index contributed by atoms with van der Waals surface area (Å²) in [6, 6.07) is 13.0. The normalized spacial score (nSPS) is 10.5. The molecule has 0 aliphatic carbocycles. The molecule has 2 aromatic heterocycles. The number of hydrogen-bond acceptors (Lipinski definition) is 5. The van der Waals surface area contributed by atoms with Crippen molar-refractivity contribution in [3.8, 4) is 16.5 Å². The van der Waals surface area contributed by atoms with Crippen molar-refractivity contribution in [2.45, 2.75) is 6.42 Å². The standard InChI is InChI=1S/C17H14N2O3S/c1-22-12-7-5-11(6-8-12)10-14-15(17(20)21)23-16(19-14)13-4-2-3-9-18-13/h2-9H,10H2,1H3,(H,20,21). The molecule has 3 aromatic rings. The van der Waals surface area contributed by atoms with Crippen LogP contribution in [0.15, 0.2) is 48.7 Å². The fourth-order valence-electron chi connectivity index (χ4n) is 2.17. The van der Waals surface area contributed by atoms with Gasteiger partial charge in [-0.3, -0.25) is 4.98 Å². The number of aromatic nitrogens is 2. The van der Waals surface area contributed by atoms with Crippen molar-refractivity contribution in [3.63, 3.8) is 0 Å². The molecular formula is C17H14N2O3S. The Morgan fingerprint density at radius 3 is 2.61 bits per heavy atom. The molecule has 5 nitrogen and oxygen atoms in total. The lowest BCUT2D eigenvalue weighted by molar-refractivity contribution is 0.0701. The van der Waals surface area contributed by atoms with Crippen LogP contribution in [0.2, 0.25) is 0 Å². The van der Waals surface area contributed by atoms with Crippen molar-refractivity contribution >= 4 is 17.3 Å². The number of rotatable bonds is 5. The Morgan fingerprint density at radius 1 is 1.22 bits per heavy atom. The lowest BCUT2D eigenvalue weighted by Crippen LogP contribution is -2.00. The average Bonchev–Trinajstić information content (AvgIpc) is 3.00. The number of methoxy groups -OCH3 is 1. The Kier molecular flexibility index (Phi) is 4.34. The molecule has 0 radical (unpaired) electrons. The van der Waals surface area contributed by atoms with Crippen molar-refractivity contribution in [3.05, 3.63) is 64.8 Å². The predicted octanol–water partition coefficient (Wildman–Crippen LogP) is 3.50. The zero-order chi connectivity index (χ0) is 16.2. The highest BCUT2D eigenvalue weighted by Crippen LogP contribution is 2.28. The van der Waals surface area contributed by atoms with Crippen LogP contribution in [0.3, 0.4) is 0 Å². The number of pyridine rings is 1. The molecule has 0 saturated heterocycles. The molecule has 3 rings (SSSR count). The van der Waals surface area contributed by atoms with Crippen LogP contribution in [0.5, 0.6) is 5.75 Å². The lowest BCUT2D eigenvalue weighted by Gasteiger charge is -2.02. The van der Waals surface area contributed by atoms with Gasteiger partial charge in [-0.2, -0.15) is 0 Å². The summed E-state index contributed by atoms with van der Waals surface area (Å²) in [5, 5.41) is 10.0. The van der Waals surface area contributed by atoms with Crippen LogP contribution in [0.25, 0.3) is 10.7 Å². The fraction of sp³-hybridized carbons (Fsp3) is 0.118. The summed E-state index contributed by atoms with van der Waals surface area (Å²) in [6.07, 6.45) is 2.12. The molecule has 6 heteroatoms. The summed E-state index contributed by atoms with van der Waals surface area (Å²) in [6.45, 7) is 0. The van der Waals surface area contributed by atoms with Crippen LogP contribution in [0.1, 0.15) is 20.9 Å². The molecule has 0 bridgehead atoms. The summed E-state index contributed by atoms with van der Waals surface area (Å²) >= 11 is 1.15. The molecule has 0 unspecified atom stereocenters. The summed E-state index contributed by atoms with van der Waals surface area (Å²) in [5.74, 6) is -0.201. The second-order valence-electron chi connectivity index (χ2n) is 4.84.